The highest BCUT2D eigenvalue weighted by atomic mass is 16.6. The average Bonchev–Trinajstić information content (AvgIpc) is 2.72. The Balaban J connectivity index is 3.01. The lowest BCUT2D eigenvalue weighted by Crippen LogP contribution is -2.30. The highest BCUT2D eigenvalue weighted by Crippen LogP contribution is 2.52. The molecular formula is C37H60O7. The fourth-order valence-corrected chi connectivity index (χ4v) is 4.17. The Labute approximate surface area is 267 Å². The summed E-state index contributed by atoms with van der Waals surface area (Å²) in [5, 5.41) is 12.3. The number of hydrogen-bond acceptors (Lipinski definition) is 7. The third-order valence-corrected chi connectivity index (χ3v) is 5.27. The van der Waals surface area contributed by atoms with Crippen LogP contribution in [0.4, 0.5) is 0 Å². The highest BCUT2D eigenvalue weighted by molar-refractivity contribution is 5.62. The molecule has 0 aliphatic rings. The molecule has 1 N–H and O–H groups in total. The summed E-state index contributed by atoms with van der Waals surface area (Å²) in [4.78, 5) is 0. The quantitative estimate of drug-likeness (QED) is 0.316. The summed E-state index contributed by atoms with van der Waals surface area (Å²) in [6, 6.07) is 7.31. The van der Waals surface area contributed by atoms with E-state index in [0.717, 1.165) is 0 Å². The van der Waals surface area contributed by atoms with Crippen LogP contribution in [0.1, 0.15) is 142 Å². The van der Waals surface area contributed by atoms with E-state index in [1.54, 1.807) is 0 Å². The fraction of sp³-hybridized carbons (Fsp3) is 0.676. The maximum Gasteiger partial charge on any atom is 0.204 e. The van der Waals surface area contributed by atoms with Gasteiger partial charge in [0.25, 0.3) is 0 Å². The summed E-state index contributed by atoms with van der Waals surface area (Å²) < 4.78 is 38.9. The second kappa shape index (κ2) is 12.5. The molecule has 7 nitrogen and oxygen atoms in total. The molecule has 0 aromatic heterocycles. The molecule has 2 aromatic carbocycles. The normalized spacial score (nSPS) is 13.5. The van der Waals surface area contributed by atoms with Crippen LogP contribution in [0.5, 0.6) is 34.5 Å². The summed E-state index contributed by atoms with van der Waals surface area (Å²) in [7, 11) is 0. The smallest absolute Gasteiger partial charge is 0.204 e. The van der Waals surface area contributed by atoms with Crippen molar-refractivity contribution in [3.8, 4) is 34.5 Å². The summed E-state index contributed by atoms with van der Waals surface area (Å²) >= 11 is 0. The number of hydrogen-bond donors (Lipinski definition) is 1. The van der Waals surface area contributed by atoms with Gasteiger partial charge in [0, 0.05) is 11.1 Å². The van der Waals surface area contributed by atoms with Gasteiger partial charge < -0.3 is 33.5 Å². The molecule has 0 saturated heterocycles. The van der Waals surface area contributed by atoms with E-state index in [1.807, 2.05) is 149 Å². The zero-order valence-electron chi connectivity index (χ0n) is 30.8. The zero-order valence-corrected chi connectivity index (χ0v) is 30.8. The Bertz CT molecular complexity index is 1170. The van der Waals surface area contributed by atoms with Gasteiger partial charge in [-0.2, -0.15) is 0 Å². The maximum absolute atomic E-state index is 12.3. The first-order chi connectivity index (χ1) is 19.4. The van der Waals surface area contributed by atoms with Gasteiger partial charge in [-0.1, -0.05) is 0 Å². The van der Waals surface area contributed by atoms with Gasteiger partial charge >= 0.3 is 0 Å². The lowest BCUT2D eigenvalue weighted by atomic mass is 9.97. The van der Waals surface area contributed by atoms with Gasteiger partial charge in [-0.3, -0.25) is 0 Å². The summed E-state index contributed by atoms with van der Waals surface area (Å²) in [5.41, 5.74) is -2.35. The molecule has 0 spiro atoms. The van der Waals surface area contributed by atoms with E-state index in [9.17, 15) is 5.11 Å². The monoisotopic (exact) mass is 616 g/mol. The molecule has 2 rings (SSSR count). The summed E-state index contributed by atoms with van der Waals surface area (Å²) in [6.07, 6.45) is -1.18. The second-order valence-corrected chi connectivity index (χ2v) is 17.3. The van der Waals surface area contributed by atoms with Crippen molar-refractivity contribution in [2.24, 2.45) is 0 Å². The first-order valence-electron chi connectivity index (χ1n) is 15.6. The molecule has 0 aliphatic carbocycles. The van der Waals surface area contributed by atoms with Gasteiger partial charge in [0.1, 0.15) is 39.7 Å². The van der Waals surface area contributed by atoms with Crippen molar-refractivity contribution in [3.05, 3.63) is 35.4 Å². The maximum atomic E-state index is 12.3. The molecule has 0 aliphatic heterocycles. The molecule has 2 aromatic rings. The van der Waals surface area contributed by atoms with Crippen LogP contribution in [-0.2, 0) is 0 Å². The van der Waals surface area contributed by atoms with Crippen LogP contribution in [0.15, 0.2) is 24.3 Å². The lowest BCUT2D eigenvalue weighted by molar-refractivity contribution is 0.0713. The van der Waals surface area contributed by atoms with Crippen molar-refractivity contribution in [2.45, 2.75) is 164 Å². The van der Waals surface area contributed by atoms with Crippen LogP contribution in [0.2, 0.25) is 0 Å². The number of ether oxygens (including phenoxy) is 6. The third kappa shape index (κ3) is 11.9. The molecule has 250 valence electrons. The predicted molar refractivity (Wildman–Crippen MR) is 179 cm³/mol. The molecule has 7 heteroatoms. The van der Waals surface area contributed by atoms with Crippen LogP contribution in [0.3, 0.4) is 0 Å². The number of aliphatic hydroxyl groups excluding tert-OH is 1. The summed E-state index contributed by atoms with van der Waals surface area (Å²) in [6.45, 7) is 35.5. The molecule has 0 amide bonds. The Kier molecular flexibility index (Phi) is 10.7. The fourth-order valence-electron chi connectivity index (χ4n) is 4.17. The van der Waals surface area contributed by atoms with Gasteiger partial charge in [-0.05, 0) is 149 Å². The van der Waals surface area contributed by atoms with Gasteiger partial charge in [-0.25, -0.2) is 0 Å². The number of rotatable bonds is 8. The lowest BCUT2D eigenvalue weighted by Gasteiger charge is -2.34. The molecule has 0 saturated carbocycles. The molecule has 0 atom stereocenters. The molecule has 44 heavy (non-hydrogen) atoms. The minimum Gasteiger partial charge on any atom is -0.484 e. The van der Waals surface area contributed by atoms with Gasteiger partial charge in [0.05, 0.1) is 0 Å². The largest absolute Gasteiger partial charge is 0.484 e. The third-order valence-electron chi connectivity index (χ3n) is 5.27. The first-order valence-corrected chi connectivity index (χ1v) is 15.6. The molecule has 0 bridgehead atoms. The molecular weight excluding hydrogens is 556 g/mol. The van der Waals surface area contributed by atoms with E-state index in [4.69, 9.17) is 28.4 Å². The van der Waals surface area contributed by atoms with Crippen molar-refractivity contribution in [1.82, 2.24) is 0 Å². The van der Waals surface area contributed by atoms with E-state index < -0.39 is 39.7 Å². The van der Waals surface area contributed by atoms with Crippen molar-refractivity contribution in [3.63, 3.8) is 0 Å². The summed E-state index contributed by atoms with van der Waals surface area (Å²) in [5.74, 6) is 2.71. The SMILES string of the molecule is CC(C)(C)Oc1ccc(C(O)c2ccc(OC(C)(C)C)c(OC(C)(C)C)c2OC(C)(C)C)c(OC(C)(C)C)c1OC(C)(C)C. The van der Waals surface area contributed by atoms with Crippen LogP contribution >= 0.6 is 0 Å². The van der Waals surface area contributed by atoms with Crippen LogP contribution < -0.4 is 28.4 Å². The standard InChI is InChI=1S/C37H60O7/c1-32(2,3)39-25-21-19-23(28(41-34(7,8)9)30(25)43-36(13,14)15)27(38)24-20-22-26(40-33(4,5)6)31(44-37(16,17)18)29(24)42-35(10,11)12/h19-22,27,38H,1-18H3. The molecule has 0 heterocycles. The van der Waals surface area contributed by atoms with E-state index in [2.05, 4.69) is 0 Å². The van der Waals surface area contributed by atoms with Crippen molar-refractivity contribution >= 4 is 0 Å². The molecule has 0 unspecified atom stereocenters. The predicted octanol–water partition coefficient (Wildman–Crippen LogP) is 9.83. The first kappa shape index (κ1) is 37.4. The molecule has 0 fully saturated rings. The average molecular weight is 617 g/mol. The number of benzene rings is 2. The van der Waals surface area contributed by atoms with Gasteiger partial charge in [0.15, 0.2) is 23.0 Å². The van der Waals surface area contributed by atoms with E-state index in [-0.39, 0.29) is 0 Å². The topological polar surface area (TPSA) is 75.6 Å². The van der Waals surface area contributed by atoms with E-state index in [1.165, 1.54) is 0 Å². The Hall–Kier alpha value is -2.80. The Morgan fingerprint density at radius 3 is 0.818 bits per heavy atom. The number of aliphatic hydroxyl groups is 1. The Morgan fingerprint density at radius 2 is 0.591 bits per heavy atom. The zero-order chi connectivity index (χ0) is 34.3. The van der Waals surface area contributed by atoms with Crippen LogP contribution in [-0.4, -0.2) is 38.7 Å². The minimum atomic E-state index is -1.18. The van der Waals surface area contributed by atoms with E-state index >= 15 is 0 Å². The Morgan fingerprint density at radius 1 is 0.364 bits per heavy atom. The second-order valence-electron chi connectivity index (χ2n) is 17.3. The van der Waals surface area contributed by atoms with Crippen molar-refractivity contribution in [1.29, 1.82) is 0 Å². The van der Waals surface area contributed by atoms with Crippen LogP contribution in [0.25, 0.3) is 0 Å². The highest BCUT2D eigenvalue weighted by Gasteiger charge is 2.35. The van der Waals surface area contributed by atoms with Crippen molar-refractivity contribution in [2.75, 3.05) is 0 Å². The van der Waals surface area contributed by atoms with E-state index in [0.29, 0.717) is 45.6 Å². The van der Waals surface area contributed by atoms with Gasteiger partial charge in [-0.15, -0.1) is 0 Å². The molecule has 0 radical (unpaired) electrons. The minimum absolute atomic E-state index is 0.400. The van der Waals surface area contributed by atoms with Crippen LogP contribution in [0, 0.1) is 0 Å². The van der Waals surface area contributed by atoms with Gasteiger partial charge in [0.2, 0.25) is 11.5 Å². The van der Waals surface area contributed by atoms with Crippen molar-refractivity contribution < 1.29 is 33.5 Å².